The lowest BCUT2D eigenvalue weighted by Gasteiger charge is -2.38. The highest BCUT2D eigenvalue weighted by atomic mass is 15.3. The Labute approximate surface area is 152 Å². The van der Waals surface area contributed by atoms with Crippen molar-refractivity contribution in [1.82, 2.24) is 9.78 Å². The predicted octanol–water partition coefficient (Wildman–Crippen LogP) is 5.22. The minimum Gasteiger partial charge on any atom is -0.368 e. The van der Waals surface area contributed by atoms with E-state index in [0.29, 0.717) is 6.04 Å². The third kappa shape index (κ3) is 3.09. The maximum atomic E-state index is 4.63. The SMILES string of the molecule is CCCC(CC)N1CCCc2cc(-c3cnn4c3CCCC4)ccc21. The highest BCUT2D eigenvalue weighted by Crippen LogP contribution is 2.35. The van der Waals surface area contributed by atoms with Crippen LogP contribution in [0.3, 0.4) is 0 Å². The Morgan fingerprint density at radius 2 is 2.00 bits per heavy atom. The second kappa shape index (κ2) is 7.23. The zero-order chi connectivity index (χ0) is 17.2. The Kier molecular flexibility index (Phi) is 4.82. The van der Waals surface area contributed by atoms with Crippen LogP contribution in [0.25, 0.3) is 11.1 Å². The summed E-state index contributed by atoms with van der Waals surface area (Å²) in [4.78, 5) is 2.68. The third-order valence-electron chi connectivity index (χ3n) is 6.06. The predicted molar refractivity (Wildman–Crippen MR) is 105 cm³/mol. The average Bonchev–Trinajstić information content (AvgIpc) is 3.09. The molecule has 1 unspecified atom stereocenters. The molecule has 0 fully saturated rings. The molecule has 0 saturated carbocycles. The number of anilines is 1. The smallest absolute Gasteiger partial charge is 0.0571 e. The highest BCUT2D eigenvalue weighted by molar-refractivity contribution is 5.71. The Morgan fingerprint density at radius 3 is 2.84 bits per heavy atom. The van der Waals surface area contributed by atoms with Crippen molar-refractivity contribution in [3.63, 3.8) is 0 Å². The van der Waals surface area contributed by atoms with Gasteiger partial charge in [-0.3, -0.25) is 4.68 Å². The molecule has 0 spiro atoms. The van der Waals surface area contributed by atoms with Crippen LogP contribution in [0.4, 0.5) is 5.69 Å². The summed E-state index contributed by atoms with van der Waals surface area (Å²) in [7, 11) is 0. The Balaban J connectivity index is 1.67. The van der Waals surface area contributed by atoms with Crippen LogP contribution < -0.4 is 4.90 Å². The fourth-order valence-electron chi connectivity index (χ4n) is 4.75. The van der Waals surface area contributed by atoms with Crippen molar-refractivity contribution in [3.8, 4) is 11.1 Å². The molecule has 25 heavy (non-hydrogen) atoms. The van der Waals surface area contributed by atoms with Crippen molar-refractivity contribution in [3.05, 3.63) is 35.7 Å². The number of fused-ring (bicyclic) bond motifs is 2. The van der Waals surface area contributed by atoms with Gasteiger partial charge in [0.1, 0.15) is 0 Å². The molecule has 2 aliphatic rings. The first-order valence-electron chi connectivity index (χ1n) is 10.3. The Bertz CT molecular complexity index is 731. The summed E-state index contributed by atoms with van der Waals surface area (Å²) in [6.45, 7) is 6.94. The van der Waals surface area contributed by atoms with Gasteiger partial charge in [0.2, 0.25) is 0 Å². The van der Waals surface area contributed by atoms with E-state index in [-0.39, 0.29) is 0 Å². The molecular weight excluding hydrogens is 306 g/mol. The summed E-state index contributed by atoms with van der Waals surface area (Å²) < 4.78 is 2.22. The first-order chi connectivity index (χ1) is 12.3. The van der Waals surface area contributed by atoms with E-state index in [2.05, 4.69) is 52.9 Å². The first-order valence-corrected chi connectivity index (χ1v) is 10.3. The van der Waals surface area contributed by atoms with Gasteiger partial charge in [-0.05, 0) is 68.2 Å². The topological polar surface area (TPSA) is 21.1 Å². The molecule has 1 aromatic carbocycles. The van der Waals surface area contributed by atoms with Crippen LogP contribution in [0.2, 0.25) is 0 Å². The fraction of sp³-hybridized carbons (Fsp3) is 0.591. The molecule has 1 aromatic heterocycles. The average molecular weight is 338 g/mol. The van der Waals surface area contributed by atoms with Crippen LogP contribution in [0.15, 0.2) is 24.4 Å². The van der Waals surface area contributed by atoms with Gasteiger partial charge >= 0.3 is 0 Å². The molecule has 0 bridgehead atoms. The molecule has 1 atom stereocenters. The van der Waals surface area contributed by atoms with Crippen molar-refractivity contribution in [2.24, 2.45) is 0 Å². The third-order valence-corrected chi connectivity index (χ3v) is 6.06. The van der Waals surface area contributed by atoms with Crippen LogP contribution in [0.5, 0.6) is 0 Å². The molecule has 4 rings (SSSR count). The van der Waals surface area contributed by atoms with E-state index in [0.717, 1.165) is 6.54 Å². The largest absolute Gasteiger partial charge is 0.368 e. The summed E-state index contributed by atoms with van der Waals surface area (Å²) in [6.07, 6.45) is 12.1. The summed E-state index contributed by atoms with van der Waals surface area (Å²) in [5.74, 6) is 0. The van der Waals surface area contributed by atoms with E-state index in [9.17, 15) is 0 Å². The molecule has 0 aliphatic carbocycles. The van der Waals surface area contributed by atoms with Crippen molar-refractivity contribution < 1.29 is 0 Å². The monoisotopic (exact) mass is 337 g/mol. The number of nitrogens with zero attached hydrogens (tertiary/aromatic N) is 3. The Morgan fingerprint density at radius 1 is 1.08 bits per heavy atom. The normalized spacial score (nSPS) is 17.9. The van der Waals surface area contributed by atoms with Crippen LogP contribution in [-0.4, -0.2) is 22.4 Å². The first kappa shape index (κ1) is 16.7. The summed E-state index contributed by atoms with van der Waals surface area (Å²) in [5, 5.41) is 4.63. The van der Waals surface area contributed by atoms with Gasteiger partial charge in [-0.2, -0.15) is 5.10 Å². The summed E-state index contributed by atoms with van der Waals surface area (Å²) in [5.41, 5.74) is 7.19. The molecule has 3 nitrogen and oxygen atoms in total. The number of aromatic nitrogens is 2. The van der Waals surface area contributed by atoms with Crippen LogP contribution in [0, 0.1) is 0 Å². The highest BCUT2D eigenvalue weighted by Gasteiger charge is 2.24. The second-order valence-corrected chi connectivity index (χ2v) is 7.68. The van der Waals surface area contributed by atoms with E-state index in [1.807, 2.05) is 0 Å². The van der Waals surface area contributed by atoms with Gasteiger partial charge < -0.3 is 4.90 Å². The van der Waals surface area contributed by atoms with E-state index >= 15 is 0 Å². The van der Waals surface area contributed by atoms with Crippen LogP contribution in [0.1, 0.15) is 63.6 Å². The number of aryl methyl sites for hydroxylation is 2. The van der Waals surface area contributed by atoms with Crippen LogP contribution in [-0.2, 0) is 19.4 Å². The van der Waals surface area contributed by atoms with E-state index in [1.54, 1.807) is 0 Å². The van der Waals surface area contributed by atoms with Gasteiger partial charge in [-0.1, -0.05) is 26.3 Å². The van der Waals surface area contributed by atoms with Gasteiger partial charge in [0, 0.05) is 36.1 Å². The van der Waals surface area contributed by atoms with Crippen molar-refractivity contribution in [2.45, 2.75) is 77.8 Å². The van der Waals surface area contributed by atoms with Gasteiger partial charge in [-0.25, -0.2) is 0 Å². The van der Waals surface area contributed by atoms with Crippen molar-refractivity contribution in [1.29, 1.82) is 0 Å². The lowest BCUT2D eigenvalue weighted by molar-refractivity contribution is 0.487. The summed E-state index contributed by atoms with van der Waals surface area (Å²) >= 11 is 0. The van der Waals surface area contributed by atoms with E-state index in [4.69, 9.17) is 0 Å². The molecular formula is C22H31N3. The number of rotatable bonds is 5. The molecule has 0 saturated heterocycles. The maximum Gasteiger partial charge on any atom is 0.0571 e. The van der Waals surface area contributed by atoms with Gasteiger partial charge in [0.05, 0.1) is 6.20 Å². The fourth-order valence-corrected chi connectivity index (χ4v) is 4.75. The summed E-state index contributed by atoms with van der Waals surface area (Å²) in [6, 6.07) is 7.86. The van der Waals surface area contributed by atoms with E-state index in [1.165, 1.54) is 86.0 Å². The van der Waals surface area contributed by atoms with E-state index < -0.39 is 0 Å². The second-order valence-electron chi connectivity index (χ2n) is 7.68. The lowest BCUT2D eigenvalue weighted by atomic mass is 9.93. The molecule has 3 heterocycles. The van der Waals surface area contributed by atoms with Crippen LogP contribution >= 0.6 is 0 Å². The molecule has 134 valence electrons. The maximum absolute atomic E-state index is 4.63. The molecule has 2 aromatic rings. The van der Waals surface area contributed by atoms with Crippen molar-refractivity contribution >= 4 is 5.69 Å². The Hall–Kier alpha value is -1.77. The zero-order valence-corrected chi connectivity index (χ0v) is 15.8. The van der Waals surface area contributed by atoms with Gasteiger partial charge in [0.25, 0.3) is 0 Å². The zero-order valence-electron chi connectivity index (χ0n) is 15.8. The van der Waals surface area contributed by atoms with Gasteiger partial charge in [-0.15, -0.1) is 0 Å². The number of hydrogen-bond acceptors (Lipinski definition) is 2. The minimum atomic E-state index is 0.693. The minimum absolute atomic E-state index is 0.693. The lowest BCUT2D eigenvalue weighted by Crippen LogP contribution is -2.38. The quantitative estimate of drug-likeness (QED) is 0.746. The standard InChI is InChI=1S/C22H31N3/c1-3-8-19(4-2)24-13-7-9-18-15-17(11-12-21(18)24)20-16-23-25-14-6-5-10-22(20)25/h11-12,15-16,19H,3-10,13-14H2,1-2H3. The molecule has 3 heteroatoms. The molecule has 0 radical (unpaired) electrons. The molecule has 2 aliphatic heterocycles. The molecule has 0 amide bonds. The molecule has 0 N–H and O–H groups in total. The number of hydrogen-bond donors (Lipinski definition) is 0. The number of benzene rings is 1. The van der Waals surface area contributed by atoms with Gasteiger partial charge in [0.15, 0.2) is 0 Å². The van der Waals surface area contributed by atoms with Crippen molar-refractivity contribution in [2.75, 3.05) is 11.4 Å².